The number of benzene rings is 2. The molecule has 5 rings (SSSR count). The van der Waals surface area contributed by atoms with E-state index in [4.69, 9.17) is 25.6 Å². The molecular formula is C20H16ClN3O4. The molecule has 28 heavy (non-hydrogen) atoms. The van der Waals surface area contributed by atoms with Gasteiger partial charge in [0.05, 0.1) is 10.7 Å². The Bertz CT molecular complexity index is 1080. The number of hydrogen-bond acceptors (Lipinski definition) is 6. The fourth-order valence-corrected chi connectivity index (χ4v) is 3.83. The molecule has 0 N–H and O–H groups in total. The molecule has 1 amide bonds. The summed E-state index contributed by atoms with van der Waals surface area (Å²) in [4.78, 5) is 18.7. The van der Waals surface area contributed by atoms with Gasteiger partial charge in [0.1, 0.15) is 0 Å². The molecule has 1 saturated heterocycles. The predicted octanol–water partition coefficient (Wildman–Crippen LogP) is 3.95. The van der Waals surface area contributed by atoms with Crippen molar-refractivity contribution >= 4 is 23.2 Å². The zero-order valence-corrected chi connectivity index (χ0v) is 15.8. The van der Waals surface area contributed by atoms with E-state index in [2.05, 4.69) is 10.1 Å². The van der Waals surface area contributed by atoms with Gasteiger partial charge in [0, 0.05) is 24.4 Å². The number of anilines is 1. The molecule has 1 unspecified atom stereocenters. The number of ether oxygens (including phenoxy) is 2. The van der Waals surface area contributed by atoms with Gasteiger partial charge >= 0.3 is 0 Å². The number of fused-ring (bicyclic) bond motifs is 1. The number of aromatic nitrogens is 2. The van der Waals surface area contributed by atoms with E-state index >= 15 is 0 Å². The molecular weight excluding hydrogens is 382 g/mol. The van der Waals surface area contributed by atoms with Gasteiger partial charge in [-0.25, -0.2) is 0 Å². The fraction of sp³-hybridized carbons (Fsp3) is 0.250. The lowest BCUT2D eigenvalue weighted by Gasteiger charge is -2.18. The van der Waals surface area contributed by atoms with E-state index < -0.39 is 0 Å². The Morgan fingerprint density at radius 3 is 2.86 bits per heavy atom. The van der Waals surface area contributed by atoms with Crippen molar-refractivity contribution in [3.63, 3.8) is 0 Å². The third kappa shape index (κ3) is 2.88. The lowest BCUT2D eigenvalue weighted by molar-refractivity contribution is -0.117. The van der Waals surface area contributed by atoms with E-state index in [1.807, 2.05) is 37.3 Å². The number of rotatable bonds is 3. The molecule has 0 spiro atoms. The predicted molar refractivity (Wildman–Crippen MR) is 102 cm³/mol. The van der Waals surface area contributed by atoms with Crippen molar-refractivity contribution in [3.05, 3.63) is 52.8 Å². The number of carbonyl (C=O) groups excluding carboxylic acids is 1. The standard InChI is InChI=1S/C20H16ClN3O4/c1-11-2-4-15(14(21)6-11)24-9-13(8-18(24)25)19-22-20(28-23-19)12-3-5-16-17(7-12)27-10-26-16/h2-7,13H,8-10H2,1H3. The Kier molecular flexibility index (Phi) is 3.98. The maximum absolute atomic E-state index is 12.6. The summed E-state index contributed by atoms with van der Waals surface area (Å²) >= 11 is 6.33. The van der Waals surface area contributed by atoms with E-state index in [0.717, 1.165) is 11.1 Å². The second-order valence-electron chi connectivity index (χ2n) is 6.89. The second-order valence-corrected chi connectivity index (χ2v) is 7.29. The average Bonchev–Trinajstić information content (AvgIpc) is 3.40. The number of carbonyl (C=O) groups is 1. The first-order valence-electron chi connectivity index (χ1n) is 8.88. The van der Waals surface area contributed by atoms with Crippen LogP contribution in [-0.4, -0.2) is 29.4 Å². The van der Waals surface area contributed by atoms with Crippen molar-refractivity contribution in [2.45, 2.75) is 19.3 Å². The molecule has 2 aliphatic rings. The van der Waals surface area contributed by atoms with Crippen LogP contribution in [0.3, 0.4) is 0 Å². The maximum atomic E-state index is 12.6. The third-order valence-corrected chi connectivity index (χ3v) is 5.25. The van der Waals surface area contributed by atoms with Crippen LogP contribution in [0.2, 0.25) is 5.02 Å². The van der Waals surface area contributed by atoms with Crippen LogP contribution in [0.1, 0.15) is 23.7 Å². The molecule has 0 aliphatic carbocycles. The van der Waals surface area contributed by atoms with Gasteiger partial charge in [-0.3, -0.25) is 4.79 Å². The second kappa shape index (κ2) is 6.53. The summed E-state index contributed by atoms with van der Waals surface area (Å²) in [6.45, 7) is 2.62. The molecule has 7 nitrogen and oxygen atoms in total. The number of hydrogen-bond donors (Lipinski definition) is 0. The molecule has 2 aliphatic heterocycles. The molecule has 1 fully saturated rings. The molecule has 0 saturated carbocycles. The lowest BCUT2D eigenvalue weighted by atomic mass is 10.1. The molecule has 142 valence electrons. The van der Waals surface area contributed by atoms with Gasteiger partial charge in [0.2, 0.25) is 12.7 Å². The fourth-order valence-electron chi connectivity index (χ4n) is 3.49. The van der Waals surface area contributed by atoms with Crippen LogP contribution in [0.15, 0.2) is 40.9 Å². The summed E-state index contributed by atoms with van der Waals surface area (Å²) < 4.78 is 16.1. The highest BCUT2D eigenvalue weighted by molar-refractivity contribution is 6.34. The Morgan fingerprint density at radius 2 is 2.00 bits per heavy atom. The number of amides is 1. The number of nitrogens with zero attached hydrogens (tertiary/aromatic N) is 3. The van der Waals surface area contributed by atoms with Crippen molar-refractivity contribution in [2.75, 3.05) is 18.2 Å². The van der Waals surface area contributed by atoms with E-state index in [-0.39, 0.29) is 18.6 Å². The Labute approximate surface area is 165 Å². The average molecular weight is 398 g/mol. The van der Waals surface area contributed by atoms with E-state index in [1.54, 1.807) is 11.0 Å². The first-order chi connectivity index (χ1) is 13.6. The highest BCUT2D eigenvalue weighted by Crippen LogP contribution is 2.37. The summed E-state index contributed by atoms with van der Waals surface area (Å²) in [6.07, 6.45) is 0.310. The third-order valence-electron chi connectivity index (χ3n) is 4.95. The summed E-state index contributed by atoms with van der Waals surface area (Å²) in [5.41, 5.74) is 2.49. The van der Waals surface area contributed by atoms with Crippen molar-refractivity contribution in [2.24, 2.45) is 0 Å². The summed E-state index contributed by atoms with van der Waals surface area (Å²) in [5, 5.41) is 4.66. The van der Waals surface area contributed by atoms with Crippen LogP contribution < -0.4 is 14.4 Å². The van der Waals surface area contributed by atoms with Gasteiger partial charge in [-0.15, -0.1) is 0 Å². The summed E-state index contributed by atoms with van der Waals surface area (Å²) in [5.74, 6) is 2.06. The molecule has 1 aromatic heterocycles. The van der Waals surface area contributed by atoms with E-state index in [9.17, 15) is 4.79 Å². The topological polar surface area (TPSA) is 77.7 Å². The van der Waals surface area contributed by atoms with Crippen LogP contribution in [-0.2, 0) is 4.79 Å². The smallest absolute Gasteiger partial charge is 0.258 e. The van der Waals surface area contributed by atoms with Crippen LogP contribution in [0.25, 0.3) is 11.5 Å². The molecule has 0 bridgehead atoms. The van der Waals surface area contributed by atoms with Gasteiger partial charge in [-0.2, -0.15) is 4.98 Å². The number of aryl methyl sites for hydroxylation is 1. The van der Waals surface area contributed by atoms with Crippen LogP contribution in [0.4, 0.5) is 5.69 Å². The first kappa shape index (κ1) is 17.1. The van der Waals surface area contributed by atoms with Crippen molar-refractivity contribution < 1.29 is 18.8 Å². The maximum Gasteiger partial charge on any atom is 0.258 e. The highest BCUT2D eigenvalue weighted by atomic mass is 35.5. The van der Waals surface area contributed by atoms with Crippen LogP contribution in [0.5, 0.6) is 11.5 Å². The minimum absolute atomic E-state index is 0.00909. The minimum atomic E-state index is -0.156. The highest BCUT2D eigenvalue weighted by Gasteiger charge is 2.35. The van der Waals surface area contributed by atoms with Gasteiger partial charge in [-0.1, -0.05) is 22.8 Å². The van der Waals surface area contributed by atoms with Gasteiger partial charge in [0.25, 0.3) is 5.89 Å². The largest absolute Gasteiger partial charge is 0.454 e. The molecule has 3 aromatic rings. The molecule has 8 heteroatoms. The van der Waals surface area contributed by atoms with Crippen molar-refractivity contribution in [1.29, 1.82) is 0 Å². The molecule has 1 atom stereocenters. The van der Waals surface area contributed by atoms with Crippen LogP contribution >= 0.6 is 11.6 Å². The molecule has 2 aromatic carbocycles. The Morgan fingerprint density at radius 1 is 1.14 bits per heavy atom. The van der Waals surface area contributed by atoms with Gasteiger partial charge in [0.15, 0.2) is 17.3 Å². The van der Waals surface area contributed by atoms with Crippen molar-refractivity contribution in [1.82, 2.24) is 10.1 Å². The van der Waals surface area contributed by atoms with E-state index in [1.165, 1.54) is 0 Å². The zero-order valence-electron chi connectivity index (χ0n) is 15.0. The zero-order chi connectivity index (χ0) is 19.3. The lowest BCUT2D eigenvalue weighted by Crippen LogP contribution is -2.24. The quantitative estimate of drug-likeness (QED) is 0.666. The SMILES string of the molecule is Cc1ccc(N2CC(c3noc(-c4ccc5c(c4)OCO5)n3)CC2=O)c(Cl)c1. The Balaban J connectivity index is 1.38. The minimum Gasteiger partial charge on any atom is -0.454 e. The van der Waals surface area contributed by atoms with Crippen LogP contribution in [0, 0.1) is 6.92 Å². The Hall–Kier alpha value is -3.06. The normalized spacial score (nSPS) is 18.1. The molecule has 3 heterocycles. The van der Waals surface area contributed by atoms with Crippen molar-refractivity contribution in [3.8, 4) is 23.0 Å². The monoisotopic (exact) mass is 397 g/mol. The van der Waals surface area contributed by atoms with Gasteiger partial charge < -0.3 is 18.9 Å². The number of halogens is 1. The molecule has 0 radical (unpaired) electrons. The van der Waals surface area contributed by atoms with E-state index in [0.29, 0.717) is 46.9 Å². The first-order valence-corrected chi connectivity index (χ1v) is 9.26. The summed E-state index contributed by atoms with van der Waals surface area (Å²) in [7, 11) is 0. The summed E-state index contributed by atoms with van der Waals surface area (Å²) in [6, 6.07) is 11.1. The van der Waals surface area contributed by atoms with Gasteiger partial charge in [-0.05, 0) is 42.8 Å².